The standard InChI is InChI=1S/C46H46F2N2O8/c1-31-37(23-36-24-38(47)41(52-2)39(48)25-36)45(50-49-31)58-46(51)44(56-29-35-21-13-6-14-22-35)43(55-28-34-19-11-5-12-20-34)42(54-27-33-17-9-4-10-18-33)40(57-46)30-53-26-32-15-7-3-8-16-32/h3-22,24-25,40,42-44,51H,23,26-30H2,1-2H3,(H,49,50)/t40-,42-,43+,44-,46-/m1/s1. The van der Waals surface area contributed by atoms with Gasteiger partial charge in [0.1, 0.15) is 18.3 Å². The molecule has 5 atom stereocenters. The average Bonchev–Trinajstić information content (AvgIpc) is 3.57. The number of benzene rings is 5. The number of hydrogen-bond acceptors (Lipinski definition) is 9. The van der Waals surface area contributed by atoms with Crippen LogP contribution in [0.15, 0.2) is 133 Å². The van der Waals surface area contributed by atoms with E-state index in [-0.39, 0.29) is 50.9 Å². The van der Waals surface area contributed by atoms with Crippen LogP contribution < -0.4 is 9.47 Å². The number of hydrogen-bond donors (Lipinski definition) is 2. The average molecular weight is 793 g/mol. The molecule has 0 unspecified atom stereocenters. The first-order valence-corrected chi connectivity index (χ1v) is 19.0. The van der Waals surface area contributed by atoms with Crippen molar-refractivity contribution in [2.75, 3.05) is 13.7 Å². The summed E-state index contributed by atoms with van der Waals surface area (Å²) in [5.41, 5.74) is 4.79. The van der Waals surface area contributed by atoms with Crippen molar-refractivity contribution in [1.82, 2.24) is 10.2 Å². The monoisotopic (exact) mass is 792 g/mol. The smallest absolute Gasteiger partial charge is 0.356 e. The maximum absolute atomic E-state index is 14.8. The zero-order valence-corrected chi connectivity index (χ0v) is 32.3. The number of nitrogens with zero attached hydrogens (tertiary/aromatic N) is 1. The number of nitrogens with one attached hydrogen (secondary N) is 1. The highest BCUT2D eigenvalue weighted by molar-refractivity contribution is 5.39. The molecule has 2 heterocycles. The summed E-state index contributed by atoms with van der Waals surface area (Å²) >= 11 is 0. The van der Waals surface area contributed by atoms with Crippen LogP contribution in [-0.2, 0) is 56.5 Å². The van der Waals surface area contributed by atoms with Crippen LogP contribution in [0.4, 0.5) is 8.78 Å². The first-order chi connectivity index (χ1) is 28.3. The van der Waals surface area contributed by atoms with Crippen molar-refractivity contribution in [3.05, 3.63) is 184 Å². The molecule has 1 aliphatic rings. The fraction of sp³-hybridized carbons (Fsp3) is 0.283. The first-order valence-electron chi connectivity index (χ1n) is 19.0. The molecule has 5 aromatic carbocycles. The molecule has 302 valence electrons. The van der Waals surface area contributed by atoms with E-state index in [2.05, 4.69) is 10.2 Å². The lowest BCUT2D eigenvalue weighted by Gasteiger charge is -2.49. The highest BCUT2D eigenvalue weighted by Crippen LogP contribution is 2.39. The number of rotatable bonds is 18. The zero-order chi connectivity index (χ0) is 40.3. The van der Waals surface area contributed by atoms with Gasteiger partial charge in [-0.2, -0.15) is 0 Å². The predicted octanol–water partition coefficient (Wildman–Crippen LogP) is 7.99. The summed E-state index contributed by atoms with van der Waals surface area (Å²) < 4.78 is 73.7. The Hall–Kier alpha value is -5.47. The largest absolute Gasteiger partial charge is 0.491 e. The van der Waals surface area contributed by atoms with Crippen molar-refractivity contribution in [2.45, 2.75) is 70.2 Å². The molecule has 1 saturated heterocycles. The van der Waals surface area contributed by atoms with Crippen LogP contribution in [0.2, 0.25) is 0 Å². The van der Waals surface area contributed by atoms with E-state index in [1.807, 2.05) is 121 Å². The zero-order valence-electron chi connectivity index (χ0n) is 32.3. The van der Waals surface area contributed by atoms with Gasteiger partial charge in [0, 0.05) is 17.7 Å². The Morgan fingerprint density at radius 3 is 1.67 bits per heavy atom. The molecule has 6 aromatic rings. The van der Waals surface area contributed by atoms with Crippen molar-refractivity contribution < 1.29 is 47.0 Å². The Morgan fingerprint density at radius 1 is 0.672 bits per heavy atom. The Bertz CT molecular complexity index is 2160. The minimum atomic E-state index is -2.56. The van der Waals surface area contributed by atoms with Gasteiger partial charge in [-0.05, 0) is 46.9 Å². The summed E-state index contributed by atoms with van der Waals surface area (Å²) in [4.78, 5) is 0. The summed E-state index contributed by atoms with van der Waals surface area (Å²) in [5, 5.41) is 20.1. The molecule has 58 heavy (non-hydrogen) atoms. The van der Waals surface area contributed by atoms with Crippen LogP contribution >= 0.6 is 0 Å². The normalized spacial score (nSPS) is 20.5. The molecular formula is C46H46F2N2O8. The first kappa shape index (κ1) is 40.7. The molecule has 0 spiro atoms. The SMILES string of the molecule is COc1c(F)cc(Cc2c(O[C@]3(O)O[C@H](COCc4ccccc4)[C@@H](OCc4ccccc4)[C@H](OCc4ccccc4)[C@H]3OCc3ccccc3)n[nH]c2C)cc1F. The third-order valence-corrected chi connectivity index (χ3v) is 9.83. The molecule has 1 aromatic heterocycles. The van der Waals surface area contributed by atoms with Crippen molar-refractivity contribution in [3.8, 4) is 11.6 Å². The Labute approximate surface area is 336 Å². The molecule has 0 radical (unpaired) electrons. The van der Waals surface area contributed by atoms with E-state index in [0.717, 1.165) is 22.3 Å². The predicted molar refractivity (Wildman–Crippen MR) is 211 cm³/mol. The molecule has 2 N–H and O–H groups in total. The van der Waals surface area contributed by atoms with Gasteiger partial charge in [0.15, 0.2) is 23.5 Å². The van der Waals surface area contributed by atoms with Crippen molar-refractivity contribution >= 4 is 0 Å². The maximum atomic E-state index is 14.8. The van der Waals surface area contributed by atoms with Gasteiger partial charge < -0.3 is 38.3 Å². The third-order valence-electron chi connectivity index (χ3n) is 9.83. The van der Waals surface area contributed by atoms with Crippen LogP contribution in [0.25, 0.3) is 0 Å². The fourth-order valence-electron chi connectivity index (χ4n) is 6.87. The second-order valence-corrected chi connectivity index (χ2v) is 14.0. The second-order valence-electron chi connectivity index (χ2n) is 14.0. The van der Waals surface area contributed by atoms with Gasteiger partial charge in [-0.3, -0.25) is 5.10 Å². The Morgan fingerprint density at radius 2 is 1.16 bits per heavy atom. The molecule has 0 bridgehead atoms. The van der Waals surface area contributed by atoms with Gasteiger partial charge in [0.25, 0.3) is 0 Å². The summed E-state index contributed by atoms with van der Waals surface area (Å²) in [6, 6.07) is 40.8. The number of aryl methyl sites for hydroxylation is 1. The quantitative estimate of drug-likeness (QED) is 0.0837. The number of halogens is 2. The molecule has 0 aliphatic carbocycles. The van der Waals surface area contributed by atoms with Gasteiger partial charge in [0.05, 0.1) is 40.1 Å². The van der Waals surface area contributed by atoms with Crippen LogP contribution in [0.1, 0.15) is 39.1 Å². The second kappa shape index (κ2) is 19.3. The van der Waals surface area contributed by atoms with Crippen molar-refractivity contribution in [1.29, 1.82) is 0 Å². The van der Waals surface area contributed by atoms with E-state index in [4.69, 9.17) is 33.2 Å². The van der Waals surface area contributed by atoms with Gasteiger partial charge in [0.2, 0.25) is 5.88 Å². The minimum Gasteiger partial charge on any atom is -0.491 e. The highest BCUT2D eigenvalue weighted by Gasteiger charge is 2.59. The molecule has 1 fully saturated rings. The van der Waals surface area contributed by atoms with Gasteiger partial charge in [-0.15, -0.1) is 5.10 Å². The number of aliphatic hydroxyl groups is 1. The van der Waals surface area contributed by atoms with E-state index in [0.29, 0.717) is 11.3 Å². The van der Waals surface area contributed by atoms with E-state index >= 15 is 0 Å². The minimum absolute atomic E-state index is 0.0124. The maximum Gasteiger partial charge on any atom is 0.356 e. The number of ether oxygens (including phenoxy) is 7. The number of aromatic amines is 1. The summed E-state index contributed by atoms with van der Waals surface area (Å²) in [6.07, 6.45) is -4.19. The molecule has 12 heteroatoms. The van der Waals surface area contributed by atoms with Gasteiger partial charge in [-0.25, -0.2) is 8.78 Å². The molecule has 0 saturated carbocycles. The number of methoxy groups -OCH3 is 1. The van der Waals surface area contributed by atoms with E-state index in [1.165, 1.54) is 19.2 Å². The molecule has 10 nitrogen and oxygen atoms in total. The number of H-pyrrole nitrogens is 1. The van der Waals surface area contributed by atoms with Crippen LogP contribution in [0.5, 0.6) is 11.6 Å². The summed E-state index contributed by atoms with van der Waals surface area (Å²) in [5.74, 6) is -4.83. The summed E-state index contributed by atoms with van der Waals surface area (Å²) in [7, 11) is 1.20. The lowest BCUT2D eigenvalue weighted by molar-refractivity contribution is -0.436. The van der Waals surface area contributed by atoms with E-state index in [1.54, 1.807) is 6.92 Å². The fourth-order valence-corrected chi connectivity index (χ4v) is 6.87. The summed E-state index contributed by atoms with van der Waals surface area (Å²) in [6.45, 7) is 2.33. The Balaban J connectivity index is 1.27. The Kier molecular flexibility index (Phi) is 13.6. The topological polar surface area (TPSA) is 114 Å². The molecule has 7 rings (SSSR count). The van der Waals surface area contributed by atoms with Crippen LogP contribution in [0, 0.1) is 18.6 Å². The van der Waals surface area contributed by atoms with Gasteiger partial charge >= 0.3 is 5.97 Å². The number of aromatic nitrogens is 2. The van der Waals surface area contributed by atoms with Crippen molar-refractivity contribution in [2.24, 2.45) is 0 Å². The van der Waals surface area contributed by atoms with Crippen LogP contribution in [0.3, 0.4) is 0 Å². The third kappa shape index (κ3) is 10.1. The molecular weight excluding hydrogens is 747 g/mol. The van der Waals surface area contributed by atoms with Crippen molar-refractivity contribution in [3.63, 3.8) is 0 Å². The van der Waals surface area contributed by atoms with Gasteiger partial charge in [-0.1, -0.05) is 121 Å². The lowest BCUT2D eigenvalue weighted by atomic mass is 9.96. The molecule has 1 aliphatic heterocycles. The lowest BCUT2D eigenvalue weighted by Crippen LogP contribution is -2.69. The van der Waals surface area contributed by atoms with E-state index in [9.17, 15) is 13.9 Å². The van der Waals surface area contributed by atoms with Crippen LogP contribution in [-0.4, -0.2) is 59.4 Å². The highest BCUT2D eigenvalue weighted by atomic mass is 19.1. The molecule has 0 amide bonds. The van der Waals surface area contributed by atoms with E-state index < -0.39 is 47.8 Å².